The molecule has 1 unspecified atom stereocenters. The first-order valence-corrected chi connectivity index (χ1v) is 8.30. The number of guanidine groups is 1. The SMILES string of the molecule is CN=C(NCCCn1cc(C)cn1)NCC1(CCO)CCOC1. The number of nitrogens with one attached hydrogen (secondary N) is 2. The quantitative estimate of drug-likeness (QED) is 0.369. The first-order valence-electron chi connectivity index (χ1n) is 8.30. The Hall–Kier alpha value is -1.60. The second-order valence-electron chi connectivity index (χ2n) is 6.26. The van der Waals surface area contributed by atoms with E-state index in [-0.39, 0.29) is 12.0 Å². The fourth-order valence-corrected chi connectivity index (χ4v) is 2.84. The van der Waals surface area contributed by atoms with Gasteiger partial charge in [-0.25, -0.2) is 0 Å². The molecule has 0 aliphatic carbocycles. The summed E-state index contributed by atoms with van der Waals surface area (Å²) in [5.74, 6) is 0.797. The molecule has 130 valence electrons. The van der Waals surface area contributed by atoms with E-state index in [0.717, 1.165) is 51.5 Å². The molecule has 0 radical (unpaired) electrons. The number of aliphatic hydroxyl groups excluding tert-OH is 1. The summed E-state index contributed by atoms with van der Waals surface area (Å²) in [7, 11) is 1.77. The van der Waals surface area contributed by atoms with Crippen molar-refractivity contribution in [2.24, 2.45) is 10.4 Å². The zero-order chi connectivity index (χ0) is 16.5. The van der Waals surface area contributed by atoms with Gasteiger partial charge in [-0.2, -0.15) is 5.10 Å². The van der Waals surface area contributed by atoms with Gasteiger partial charge in [0.05, 0.1) is 12.8 Å². The van der Waals surface area contributed by atoms with Crippen molar-refractivity contribution in [1.82, 2.24) is 20.4 Å². The van der Waals surface area contributed by atoms with E-state index in [1.807, 2.05) is 24.0 Å². The Morgan fingerprint density at radius 2 is 2.39 bits per heavy atom. The van der Waals surface area contributed by atoms with Crippen molar-refractivity contribution in [2.45, 2.75) is 32.7 Å². The molecule has 1 fully saturated rings. The van der Waals surface area contributed by atoms with E-state index in [9.17, 15) is 5.11 Å². The summed E-state index contributed by atoms with van der Waals surface area (Å²) in [5, 5.41) is 20.2. The van der Waals surface area contributed by atoms with Gasteiger partial charge in [-0.05, 0) is 31.7 Å². The van der Waals surface area contributed by atoms with Crippen LogP contribution >= 0.6 is 0 Å². The highest BCUT2D eigenvalue weighted by Crippen LogP contribution is 2.31. The van der Waals surface area contributed by atoms with E-state index in [1.54, 1.807) is 7.05 Å². The van der Waals surface area contributed by atoms with Crippen LogP contribution in [-0.4, -0.2) is 60.8 Å². The van der Waals surface area contributed by atoms with Crippen LogP contribution in [0.3, 0.4) is 0 Å². The van der Waals surface area contributed by atoms with Gasteiger partial charge < -0.3 is 20.5 Å². The number of ether oxygens (including phenoxy) is 1. The molecule has 1 aromatic heterocycles. The van der Waals surface area contributed by atoms with Crippen LogP contribution < -0.4 is 10.6 Å². The smallest absolute Gasteiger partial charge is 0.190 e. The maximum Gasteiger partial charge on any atom is 0.190 e. The van der Waals surface area contributed by atoms with Gasteiger partial charge >= 0.3 is 0 Å². The zero-order valence-corrected chi connectivity index (χ0v) is 14.2. The maximum atomic E-state index is 9.26. The second-order valence-corrected chi connectivity index (χ2v) is 6.26. The number of nitrogens with zero attached hydrogens (tertiary/aromatic N) is 3. The van der Waals surface area contributed by atoms with Crippen molar-refractivity contribution in [2.75, 3.05) is 40.0 Å². The Morgan fingerprint density at radius 1 is 1.52 bits per heavy atom. The van der Waals surface area contributed by atoms with Gasteiger partial charge in [-0.15, -0.1) is 0 Å². The van der Waals surface area contributed by atoms with Crippen molar-refractivity contribution in [3.63, 3.8) is 0 Å². The summed E-state index contributed by atoms with van der Waals surface area (Å²) in [6, 6.07) is 0. The van der Waals surface area contributed by atoms with Crippen LogP contribution in [0.4, 0.5) is 0 Å². The highest BCUT2D eigenvalue weighted by Gasteiger charge is 2.34. The fraction of sp³-hybridized carbons (Fsp3) is 0.750. The van der Waals surface area contributed by atoms with Gasteiger partial charge in [0.25, 0.3) is 0 Å². The highest BCUT2D eigenvalue weighted by molar-refractivity contribution is 5.79. The topological polar surface area (TPSA) is 83.7 Å². The molecule has 0 aromatic carbocycles. The van der Waals surface area contributed by atoms with Crippen molar-refractivity contribution in [3.05, 3.63) is 18.0 Å². The standard InChI is InChI=1S/C16H29N5O2/c1-14-10-20-21(11-14)7-3-6-18-15(17-2)19-12-16(4-8-22)5-9-23-13-16/h10-11,22H,3-9,12-13H2,1-2H3,(H2,17,18,19). The first-order chi connectivity index (χ1) is 11.2. The van der Waals surface area contributed by atoms with Crippen LogP contribution in [-0.2, 0) is 11.3 Å². The Balaban J connectivity index is 1.68. The minimum Gasteiger partial charge on any atom is -0.396 e. The number of aryl methyl sites for hydroxylation is 2. The Labute approximate surface area is 138 Å². The molecule has 0 spiro atoms. The predicted molar refractivity (Wildman–Crippen MR) is 90.5 cm³/mol. The molecule has 1 aliphatic heterocycles. The van der Waals surface area contributed by atoms with Crippen LogP contribution in [0.1, 0.15) is 24.8 Å². The molecule has 0 saturated carbocycles. The summed E-state index contributed by atoms with van der Waals surface area (Å²) < 4.78 is 7.47. The molecule has 0 bridgehead atoms. The Kier molecular flexibility index (Phi) is 6.85. The number of rotatable bonds is 8. The normalized spacial score (nSPS) is 21.6. The van der Waals surface area contributed by atoms with Crippen molar-refractivity contribution in [1.29, 1.82) is 0 Å². The zero-order valence-electron chi connectivity index (χ0n) is 14.2. The molecule has 7 nitrogen and oxygen atoms in total. The summed E-state index contributed by atoms with van der Waals surface area (Å²) in [5.41, 5.74) is 1.21. The van der Waals surface area contributed by atoms with E-state index in [4.69, 9.17) is 4.74 Å². The molecule has 23 heavy (non-hydrogen) atoms. The average Bonchev–Trinajstić information content (AvgIpc) is 3.17. The molecular weight excluding hydrogens is 294 g/mol. The van der Waals surface area contributed by atoms with E-state index in [1.165, 1.54) is 5.56 Å². The number of hydrogen-bond donors (Lipinski definition) is 3. The van der Waals surface area contributed by atoms with E-state index in [2.05, 4.69) is 20.7 Å². The second kappa shape index (κ2) is 8.88. The Morgan fingerprint density at radius 3 is 3.00 bits per heavy atom. The van der Waals surface area contributed by atoms with E-state index < -0.39 is 0 Å². The molecular formula is C16H29N5O2. The summed E-state index contributed by atoms with van der Waals surface area (Å²) in [6.45, 7) is 6.21. The molecule has 2 heterocycles. The summed E-state index contributed by atoms with van der Waals surface area (Å²) >= 11 is 0. The predicted octanol–water partition coefficient (Wildman–Crippen LogP) is 0.536. The van der Waals surface area contributed by atoms with E-state index >= 15 is 0 Å². The minimum atomic E-state index is 0.0267. The molecule has 0 amide bonds. The molecule has 2 rings (SSSR count). The lowest BCUT2D eigenvalue weighted by Crippen LogP contribution is -2.44. The van der Waals surface area contributed by atoms with Crippen molar-refractivity contribution in [3.8, 4) is 0 Å². The number of aliphatic hydroxyl groups is 1. The van der Waals surface area contributed by atoms with Crippen LogP contribution in [0.15, 0.2) is 17.4 Å². The van der Waals surface area contributed by atoms with Crippen molar-refractivity contribution >= 4 is 5.96 Å². The van der Waals surface area contributed by atoms with Crippen LogP contribution in [0, 0.1) is 12.3 Å². The lowest BCUT2D eigenvalue weighted by molar-refractivity contribution is 0.127. The summed E-state index contributed by atoms with van der Waals surface area (Å²) in [4.78, 5) is 4.26. The highest BCUT2D eigenvalue weighted by atomic mass is 16.5. The minimum absolute atomic E-state index is 0.0267. The number of aromatic nitrogens is 2. The largest absolute Gasteiger partial charge is 0.396 e. The number of aliphatic imine (C=N–C) groups is 1. The average molecular weight is 323 g/mol. The molecule has 1 saturated heterocycles. The third kappa shape index (κ3) is 5.51. The molecule has 3 N–H and O–H groups in total. The maximum absolute atomic E-state index is 9.26. The van der Waals surface area contributed by atoms with Gasteiger partial charge in [0, 0.05) is 51.5 Å². The van der Waals surface area contributed by atoms with Crippen LogP contribution in [0.25, 0.3) is 0 Å². The van der Waals surface area contributed by atoms with Gasteiger partial charge in [-0.1, -0.05) is 0 Å². The number of hydrogen-bond acceptors (Lipinski definition) is 4. The van der Waals surface area contributed by atoms with E-state index in [0.29, 0.717) is 6.61 Å². The lowest BCUT2D eigenvalue weighted by atomic mass is 9.84. The fourth-order valence-electron chi connectivity index (χ4n) is 2.84. The van der Waals surface area contributed by atoms with Gasteiger partial charge in [0.1, 0.15) is 0 Å². The molecule has 1 aromatic rings. The monoisotopic (exact) mass is 323 g/mol. The lowest BCUT2D eigenvalue weighted by Gasteiger charge is -2.27. The van der Waals surface area contributed by atoms with Gasteiger partial charge in [-0.3, -0.25) is 9.67 Å². The van der Waals surface area contributed by atoms with Gasteiger partial charge in [0.2, 0.25) is 0 Å². The molecule has 1 atom stereocenters. The van der Waals surface area contributed by atoms with Crippen molar-refractivity contribution < 1.29 is 9.84 Å². The molecule has 7 heteroatoms. The molecule has 1 aliphatic rings. The summed E-state index contributed by atoms with van der Waals surface area (Å²) in [6.07, 6.45) is 6.64. The third-order valence-corrected chi connectivity index (χ3v) is 4.30. The Bertz CT molecular complexity index is 494. The first kappa shape index (κ1) is 17.7. The van der Waals surface area contributed by atoms with Crippen LogP contribution in [0.5, 0.6) is 0 Å². The van der Waals surface area contributed by atoms with Gasteiger partial charge in [0.15, 0.2) is 5.96 Å². The third-order valence-electron chi connectivity index (χ3n) is 4.30. The van der Waals surface area contributed by atoms with Crippen LogP contribution in [0.2, 0.25) is 0 Å².